The Morgan fingerprint density at radius 2 is 2.04 bits per heavy atom. The Morgan fingerprint density at radius 1 is 1.25 bits per heavy atom. The molecule has 1 aromatic carbocycles. The Balaban J connectivity index is 2.05. The van der Waals surface area contributed by atoms with Gasteiger partial charge in [0.2, 0.25) is 0 Å². The van der Waals surface area contributed by atoms with Crippen LogP contribution in [0.2, 0.25) is 5.02 Å². The molecule has 1 aliphatic carbocycles. The number of hydrogen-bond donors (Lipinski definition) is 2. The van der Waals surface area contributed by atoms with Crippen molar-refractivity contribution in [2.45, 2.75) is 18.9 Å². The minimum absolute atomic E-state index is 0.247. The molecule has 1 saturated carbocycles. The van der Waals surface area contributed by atoms with Crippen LogP contribution in [0.15, 0.2) is 41.3 Å². The summed E-state index contributed by atoms with van der Waals surface area (Å²) in [6.45, 7) is 0. The molecule has 0 radical (unpaired) electrons. The van der Waals surface area contributed by atoms with Gasteiger partial charge in [0.25, 0.3) is 5.56 Å². The number of hydrogen-bond acceptors (Lipinski definition) is 5. The molecule has 0 bridgehead atoms. The quantitative estimate of drug-likeness (QED) is 0.762. The summed E-state index contributed by atoms with van der Waals surface area (Å²) in [5.74, 6) is 1.26. The lowest BCUT2D eigenvalue weighted by molar-refractivity contribution is 0.574. The summed E-state index contributed by atoms with van der Waals surface area (Å²) in [6, 6.07) is 8.30. The van der Waals surface area contributed by atoms with Crippen molar-refractivity contribution in [3.05, 3.63) is 57.7 Å². The van der Waals surface area contributed by atoms with Crippen molar-refractivity contribution in [3.63, 3.8) is 0 Å². The number of benzene rings is 1. The van der Waals surface area contributed by atoms with Crippen LogP contribution in [0.25, 0.3) is 16.6 Å². The molecule has 0 spiro atoms. The molecule has 0 amide bonds. The van der Waals surface area contributed by atoms with Crippen molar-refractivity contribution in [1.82, 2.24) is 14.5 Å². The first kappa shape index (κ1) is 15.1. The van der Waals surface area contributed by atoms with Crippen LogP contribution in [0, 0.1) is 5.92 Å². The number of nitrogen functional groups attached to an aromatic ring is 1. The molecule has 6 nitrogen and oxygen atoms in total. The summed E-state index contributed by atoms with van der Waals surface area (Å²) < 4.78 is 1.50. The minimum Gasteiger partial charge on any atom is -0.384 e. The topological polar surface area (TPSA) is 99.8 Å². The lowest BCUT2D eigenvalue weighted by atomic mass is 10.1. The van der Waals surface area contributed by atoms with Crippen molar-refractivity contribution in [3.8, 4) is 5.69 Å². The number of pyridine rings is 1. The average molecular weight is 342 g/mol. The second-order valence-electron chi connectivity index (χ2n) is 6.05. The zero-order chi connectivity index (χ0) is 16.8. The summed E-state index contributed by atoms with van der Waals surface area (Å²) in [7, 11) is 0. The van der Waals surface area contributed by atoms with Gasteiger partial charge in [-0.3, -0.25) is 9.36 Å². The second-order valence-corrected chi connectivity index (χ2v) is 6.46. The fourth-order valence-corrected chi connectivity index (χ4v) is 3.13. The largest absolute Gasteiger partial charge is 0.384 e. The van der Waals surface area contributed by atoms with Crippen molar-refractivity contribution >= 4 is 28.3 Å². The lowest BCUT2D eigenvalue weighted by Crippen LogP contribution is -2.29. The fraction of sp³-hybridized carbons (Fsp3) is 0.235. The molecule has 1 aliphatic rings. The number of fused-ring (bicyclic) bond motifs is 1. The summed E-state index contributed by atoms with van der Waals surface area (Å²) in [5, 5.41) is 0.747. The normalized spacial score (nSPS) is 15.6. The van der Waals surface area contributed by atoms with Crippen LogP contribution in [0.1, 0.15) is 24.7 Å². The summed E-state index contributed by atoms with van der Waals surface area (Å²) in [4.78, 5) is 21.9. The molecule has 4 N–H and O–H groups in total. The standard InChI is InChI=1S/C17H16ClN5O/c18-11-2-1-3-12-14(11)17(24)23(10-6-7-13(19)21-8-10)16(22-12)15(20)9-4-5-9/h1-3,6-9,15H,4-5,20H2,(H2,19,21)/t15-/m0/s1. The molecule has 1 atom stereocenters. The number of rotatable bonds is 3. The van der Waals surface area contributed by atoms with Crippen molar-refractivity contribution in [2.75, 3.05) is 5.73 Å². The third-order valence-corrected chi connectivity index (χ3v) is 4.64. The first-order chi connectivity index (χ1) is 11.6. The number of nitrogens with two attached hydrogens (primary N) is 2. The average Bonchev–Trinajstić information content (AvgIpc) is 3.40. The molecule has 7 heteroatoms. The van der Waals surface area contributed by atoms with Gasteiger partial charge in [-0.2, -0.15) is 0 Å². The van der Waals surface area contributed by atoms with Gasteiger partial charge in [-0.1, -0.05) is 17.7 Å². The molecule has 4 rings (SSSR count). The predicted molar refractivity (Wildman–Crippen MR) is 94.2 cm³/mol. The molecule has 3 aromatic rings. The van der Waals surface area contributed by atoms with Gasteiger partial charge >= 0.3 is 0 Å². The minimum atomic E-state index is -0.307. The van der Waals surface area contributed by atoms with Crippen LogP contribution in [0.5, 0.6) is 0 Å². The highest BCUT2D eigenvalue weighted by atomic mass is 35.5. The first-order valence-corrected chi connectivity index (χ1v) is 8.12. The molecule has 0 unspecified atom stereocenters. The van der Waals surface area contributed by atoms with Gasteiger partial charge in [0.15, 0.2) is 0 Å². The predicted octanol–water partition coefficient (Wildman–Crippen LogP) is 2.43. The van der Waals surface area contributed by atoms with Crippen LogP contribution in [-0.2, 0) is 0 Å². The molecule has 0 aliphatic heterocycles. The third-order valence-electron chi connectivity index (χ3n) is 4.33. The lowest BCUT2D eigenvalue weighted by Gasteiger charge is -2.18. The molecule has 2 aromatic heterocycles. The number of nitrogens with zero attached hydrogens (tertiary/aromatic N) is 3. The zero-order valence-electron chi connectivity index (χ0n) is 12.8. The van der Waals surface area contributed by atoms with Crippen LogP contribution >= 0.6 is 11.6 Å². The maximum Gasteiger partial charge on any atom is 0.267 e. The van der Waals surface area contributed by atoms with E-state index in [9.17, 15) is 4.79 Å². The van der Waals surface area contributed by atoms with Gasteiger partial charge in [0.1, 0.15) is 11.6 Å². The van der Waals surface area contributed by atoms with E-state index >= 15 is 0 Å². The highest BCUT2D eigenvalue weighted by Gasteiger charge is 2.33. The second kappa shape index (κ2) is 5.58. The number of anilines is 1. The highest BCUT2D eigenvalue weighted by molar-refractivity contribution is 6.35. The SMILES string of the molecule is Nc1ccc(-n2c([C@@H](N)C3CC3)nc3cccc(Cl)c3c2=O)cn1. The Bertz CT molecular complexity index is 979. The van der Waals surface area contributed by atoms with Crippen LogP contribution in [0.4, 0.5) is 5.82 Å². The summed E-state index contributed by atoms with van der Waals surface area (Å²) in [6.07, 6.45) is 3.64. The van der Waals surface area contributed by atoms with Crippen molar-refractivity contribution in [2.24, 2.45) is 11.7 Å². The van der Waals surface area contributed by atoms with Crippen LogP contribution < -0.4 is 17.0 Å². The van der Waals surface area contributed by atoms with Gasteiger partial charge in [-0.05, 0) is 43.0 Å². The molecule has 24 heavy (non-hydrogen) atoms. The van der Waals surface area contributed by atoms with Gasteiger partial charge < -0.3 is 11.5 Å². The van der Waals surface area contributed by atoms with Crippen molar-refractivity contribution < 1.29 is 0 Å². The zero-order valence-corrected chi connectivity index (χ0v) is 13.6. The Hall–Kier alpha value is -2.44. The van der Waals surface area contributed by atoms with Crippen LogP contribution in [-0.4, -0.2) is 14.5 Å². The van der Waals surface area contributed by atoms with E-state index in [-0.39, 0.29) is 11.6 Å². The molecule has 122 valence electrons. The molecular weight excluding hydrogens is 326 g/mol. The van der Waals surface area contributed by atoms with E-state index in [1.807, 2.05) is 0 Å². The van der Waals surface area contributed by atoms with Crippen molar-refractivity contribution in [1.29, 1.82) is 0 Å². The molecule has 1 fully saturated rings. The van der Waals surface area contributed by atoms with E-state index in [0.717, 1.165) is 12.8 Å². The van der Waals surface area contributed by atoms with E-state index < -0.39 is 0 Å². The van der Waals surface area contributed by atoms with E-state index in [2.05, 4.69) is 9.97 Å². The molecular formula is C17H16ClN5O. The van der Waals surface area contributed by atoms with Gasteiger partial charge in [-0.15, -0.1) is 0 Å². The first-order valence-electron chi connectivity index (χ1n) is 7.75. The Labute approximate surface area is 143 Å². The summed E-state index contributed by atoms with van der Waals surface area (Å²) >= 11 is 6.23. The summed E-state index contributed by atoms with van der Waals surface area (Å²) in [5.41, 5.74) is 12.9. The third kappa shape index (κ3) is 2.44. The maximum atomic E-state index is 13.1. The van der Waals surface area contributed by atoms with Gasteiger partial charge in [-0.25, -0.2) is 9.97 Å². The number of aromatic nitrogens is 3. The Morgan fingerprint density at radius 3 is 2.71 bits per heavy atom. The van der Waals surface area contributed by atoms with Crippen LogP contribution in [0.3, 0.4) is 0 Å². The van der Waals surface area contributed by atoms with E-state index in [4.69, 9.17) is 23.1 Å². The van der Waals surface area contributed by atoms with E-state index in [1.165, 1.54) is 4.57 Å². The highest BCUT2D eigenvalue weighted by Crippen LogP contribution is 2.39. The number of halogens is 1. The fourth-order valence-electron chi connectivity index (χ4n) is 2.88. The maximum absolute atomic E-state index is 13.1. The Kier molecular flexibility index (Phi) is 3.51. The van der Waals surface area contributed by atoms with E-state index in [1.54, 1.807) is 36.5 Å². The smallest absolute Gasteiger partial charge is 0.267 e. The van der Waals surface area contributed by atoms with Gasteiger partial charge in [0, 0.05) is 0 Å². The van der Waals surface area contributed by atoms with E-state index in [0.29, 0.717) is 39.2 Å². The van der Waals surface area contributed by atoms with Gasteiger partial charge in [0.05, 0.1) is 33.9 Å². The molecule has 0 saturated heterocycles. The molecule has 2 heterocycles. The monoisotopic (exact) mass is 341 g/mol.